The second-order valence-corrected chi connectivity index (χ2v) is 7.80. The minimum Gasteiger partial charge on any atom is -0.339 e. The number of nitrogens with zero attached hydrogens (tertiary/aromatic N) is 1. The van der Waals surface area contributed by atoms with E-state index in [-0.39, 0.29) is 24.9 Å². The van der Waals surface area contributed by atoms with Crippen LogP contribution in [0.5, 0.6) is 0 Å². The lowest BCUT2D eigenvalue weighted by molar-refractivity contribution is -0.130. The lowest BCUT2D eigenvalue weighted by atomic mass is 9.94. The summed E-state index contributed by atoms with van der Waals surface area (Å²) in [4.78, 5) is 25.5. The van der Waals surface area contributed by atoms with E-state index in [1.807, 2.05) is 0 Å². The molecule has 1 saturated heterocycles. The van der Waals surface area contributed by atoms with Crippen LogP contribution in [-0.2, 0) is 19.6 Å². The van der Waals surface area contributed by atoms with Crippen molar-refractivity contribution in [1.82, 2.24) is 9.62 Å². The van der Waals surface area contributed by atoms with Gasteiger partial charge in [-0.1, -0.05) is 19.3 Å². The molecule has 2 rings (SSSR count). The molecule has 1 saturated carbocycles. The summed E-state index contributed by atoms with van der Waals surface area (Å²) in [6.45, 7) is 0.0663. The molecule has 1 N–H and O–H groups in total. The minimum atomic E-state index is -4.92. The first-order chi connectivity index (χ1) is 10.6. The van der Waals surface area contributed by atoms with Crippen LogP contribution in [0.3, 0.4) is 0 Å². The zero-order valence-electron chi connectivity index (χ0n) is 12.4. The maximum Gasteiger partial charge on any atom is 0.404 e. The second kappa shape index (κ2) is 6.66. The first kappa shape index (κ1) is 18.0. The average Bonchev–Trinajstić information content (AvgIpc) is 2.78. The third-order valence-electron chi connectivity index (χ3n) is 4.15. The van der Waals surface area contributed by atoms with Gasteiger partial charge in [-0.2, -0.15) is 13.2 Å². The molecule has 0 aromatic heterocycles. The summed E-state index contributed by atoms with van der Waals surface area (Å²) < 4.78 is 60.5. The molecule has 0 radical (unpaired) electrons. The summed E-state index contributed by atoms with van der Waals surface area (Å²) in [5, 5.41) is 0. The number of halogens is 3. The number of hydrogen-bond donors (Lipinski definition) is 1. The Morgan fingerprint density at radius 1 is 1.22 bits per heavy atom. The van der Waals surface area contributed by atoms with Gasteiger partial charge < -0.3 is 4.90 Å². The quantitative estimate of drug-likeness (QED) is 0.820. The largest absolute Gasteiger partial charge is 0.404 e. The SMILES string of the molecule is O=C(NS(=O)(=O)CC(F)(F)F)C1CC(=O)N(C2CCCCC2)C1. The van der Waals surface area contributed by atoms with Gasteiger partial charge in [0, 0.05) is 19.0 Å². The first-order valence-corrected chi connectivity index (χ1v) is 9.13. The van der Waals surface area contributed by atoms with Gasteiger partial charge in [0.1, 0.15) is 0 Å². The first-order valence-electron chi connectivity index (χ1n) is 7.48. The number of alkyl halides is 3. The average molecular weight is 356 g/mol. The number of nitrogens with one attached hydrogen (secondary N) is 1. The number of hydrogen-bond acceptors (Lipinski definition) is 4. The molecule has 6 nitrogen and oxygen atoms in total. The molecular weight excluding hydrogens is 337 g/mol. The Kier molecular flexibility index (Phi) is 5.22. The van der Waals surface area contributed by atoms with Crippen LogP contribution in [0.1, 0.15) is 38.5 Å². The molecule has 1 heterocycles. The highest BCUT2D eigenvalue weighted by atomic mass is 32.2. The number of rotatable bonds is 4. The molecule has 0 aromatic carbocycles. The zero-order valence-corrected chi connectivity index (χ0v) is 13.3. The van der Waals surface area contributed by atoms with Crippen LogP contribution in [0.2, 0.25) is 0 Å². The van der Waals surface area contributed by atoms with E-state index in [4.69, 9.17) is 0 Å². The van der Waals surface area contributed by atoms with Gasteiger partial charge in [0.2, 0.25) is 21.8 Å². The fourth-order valence-corrected chi connectivity index (χ4v) is 4.12. The Morgan fingerprint density at radius 3 is 2.39 bits per heavy atom. The fraction of sp³-hybridized carbons (Fsp3) is 0.846. The van der Waals surface area contributed by atoms with Crippen LogP contribution in [0, 0.1) is 5.92 Å². The Balaban J connectivity index is 1.95. The van der Waals surface area contributed by atoms with E-state index in [1.165, 1.54) is 4.72 Å². The van der Waals surface area contributed by atoms with Crippen molar-refractivity contribution in [2.24, 2.45) is 5.92 Å². The topological polar surface area (TPSA) is 83.5 Å². The van der Waals surface area contributed by atoms with Gasteiger partial charge in [0.25, 0.3) is 0 Å². The van der Waals surface area contributed by atoms with Crippen LogP contribution >= 0.6 is 0 Å². The molecule has 1 aliphatic carbocycles. The zero-order chi connectivity index (χ0) is 17.3. The van der Waals surface area contributed by atoms with Crippen molar-refractivity contribution >= 4 is 21.8 Å². The van der Waals surface area contributed by atoms with Crippen LogP contribution < -0.4 is 4.72 Å². The number of amides is 2. The normalized spacial score (nSPS) is 24.0. The molecule has 132 valence electrons. The molecule has 0 aromatic rings. The lowest BCUT2D eigenvalue weighted by Crippen LogP contribution is -2.42. The van der Waals surface area contributed by atoms with Gasteiger partial charge in [-0.05, 0) is 12.8 Å². The monoisotopic (exact) mass is 356 g/mol. The summed E-state index contributed by atoms with van der Waals surface area (Å²) in [5.74, 6) is -4.32. The highest BCUT2D eigenvalue weighted by Crippen LogP contribution is 2.29. The van der Waals surface area contributed by atoms with Gasteiger partial charge in [0.15, 0.2) is 5.75 Å². The maximum absolute atomic E-state index is 12.2. The van der Waals surface area contributed by atoms with Crippen molar-refractivity contribution in [2.45, 2.75) is 50.7 Å². The predicted octanol–water partition coefficient (Wildman–Crippen LogP) is 1.18. The van der Waals surface area contributed by atoms with Crippen LogP contribution in [0.4, 0.5) is 13.2 Å². The molecule has 23 heavy (non-hydrogen) atoms. The fourth-order valence-electron chi connectivity index (χ4n) is 3.14. The van der Waals surface area contributed by atoms with E-state index < -0.39 is 33.8 Å². The molecule has 2 amide bonds. The number of sulfonamides is 1. The van der Waals surface area contributed by atoms with E-state index >= 15 is 0 Å². The molecule has 0 bridgehead atoms. The third-order valence-corrected chi connectivity index (χ3v) is 5.37. The summed E-state index contributed by atoms with van der Waals surface area (Å²) in [7, 11) is -4.79. The van der Waals surface area contributed by atoms with Gasteiger partial charge in [-0.25, -0.2) is 8.42 Å². The Bertz CT molecular complexity index is 570. The number of carbonyl (C=O) groups excluding carboxylic acids is 2. The summed E-state index contributed by atoms with van der Waals surface area (Å²) in [6, 6.07) is 0.0424. The predicted molar refractivity (Wildman–Crippen MR) is 74.7 cm³/mol. The van der Waals surface area contributed by atoms with Gasteiger partial charge >= 0.3 is 6.18 Å². The van der Waals surface area contributed by atoms with Crippen LogP contribution in [0.15, 0.2) is 0 Å². The lowest BCUT2D eigenvalue weighted by Gasteiger charge is -2.31. The van der Waals surface area contributed by atoms with Gasteiger partial charge in [-0.3, -0.25) is 14.3 Å². The molecule has 2 aliphatic rings. The highest BCUT2D eigenvalue weighted by molar-refractivity contribution is 7.90. The number of likely N-dealkylation sites (tertiary alicyclic amines) is 1. The van der Waals surface area contributed by atoms with Crippen molar-refractivity contribution in [2.75, 3.05) is 12.3 Å². The summed E-state index contributed by atoms with van der Waals surface area (Å²) in [5.41, 5.74) is 0. The molecule has 1 unspecified atom stereocenters. The summed E-state index contributed by atoms with van der Waals surface area (Å²) in [6.07, 6.45) is -0.330. The van der Waals surface area contributed by atoms with E-state index in [0.717, 1.165) is 32.1 Å². The van der Waals surface area contributed by atoms with E-state index in [2.05, 4.69) is 0 Å². The van der Waals surface area contributed by atoms with Crippen molar-refractivity contribution in [3.8, 4) is 0 Å². The van der Waals surface area contributed by atoms with Crippen LogP contribution in [-0.4, -0.2) is 49.6 Å². The smallest absolute Gasteiger partial charge is 0.339 e. The molecular formula is C13H19F3N2O4S. The maximum atomic E-state index is 12.2. The van der Waals surface area contributed by atoms with Gasteiger partial charge in [0.05, 0.1) is 5.92 Å². The molecule has 1 atom stereocenters. The molecule has 0 spiro atoms. The third kappa shape index (κ3) is 5.08. The highest BCUT2D eigenvalue weighted by Gasteiger charge is 2.41. The Morgan fingerprint density at radius 2 is 1.83 bits per heavy atom. The number of carbonyl (C=O) groups is 2. The standard InChI is InChI=1S/C13H19F3N2O4S/c14-13(15,16)8-23(21,22)17-12(20)9-6-11(19)18(7-9)10-4-2-1-3-5-10/h9-10H,1-8H2,(H,17,20). The summed E-state index contributed by atoms with van der Waals surface area (Å²) >= 11 is 0. The van der Waals surface area contributed by atoms with Crippen LogP contribution in [0.25, 0.3) is 0 Å². The second-order valence-electron chi connectivity index (χ2n) is 6.08. The van der Waals surface area contributed by atoms with Gasteiger partial charge in [-0.15, -0.1) is 0 Å². The molecule has 1 aliphatic heterocycles. The van der Waals surface area contributed by atoms with E-state index in [1.54, 1.807) is 4.90 Å². The Hall–Kier alpha value is -1.32. The Labute approximate surface area is 132 Å². The van der Waals surface area contributed by atoms with E-state index in [0.29, 0.717) is 0 Å². The van der Waals surface area contributed by atoms with Crippen molar-refractivity contribution in [1.29, 1.82) is 0 Å². The minimum absolute atomic E-state index is 0.0424. The van der Waals surface area contributed by atoms with Crippen molar-refractivity contribution < 1.29 is 31.2 Å². The van der Waals surface area contributed by atoms with Crippen molar-refractivity contribution in [3.05, 3.63) is 0 Å². The van der Waals surface area contributed by atoms with E-state index in [9.17, 15) is 31.2 Å². The molecule has 2 fully saturated rings. The van der Waals surface area contributed by atoms with Crippen molar-refractivity contribution in [3.63, 3.8) is 0 Å². The molecule has 10 heteroatoms.